The molecule has 0 aromatic heterocycles. The molecule has 1 heterocycles. The Balaban J connectivity index is 2.08. The lowest BCUT2D eigenvalue weighted by molar-refractivity contribution is -0.384. The van der Waals surface area contributed by atoms with E-state index in [0.29, 0.717) is 4.91 Å². The highest BCUT2D eigenvalue weighted by molar-refractivity contribution is 8.26. The van der Waals surface area contributed by atoms with Crippen molar-refractivity contribution in [3.8, 4) is 0 Å². The molecule has 1 saturated heterocycles. The summed E-state index contributed by atoms with van der Waals surface area (Å²) in [6, 6.07) is 5.92. The van der Waals surface area contributed by atoms with Gasteiger partial charge in [-0.15, -0.1) is 0 Å². The van der Waals surface area contributed by atoms with Crippen molar-refractivity contribution in [1.82, 2.24) is 4.90 Å². The van der Waals surface area contributed by atoms with Crippen LogP contribution in [0, 0.1) is 10.1 Å². The molecule has 1 fully saturated rings. The topological polar surface area (TPSA) is 101 Å². The molecule has 1 N–H and O–H groups in total. The predicted octanol–water partition coefficient (Wildman–Crippen LogP) is 2.44. The average Bonchev–Trinajstić information content (AvgIpc) is 2.75. The number of carbonyl (C=O) groups excluding carboxylic acids is 1. The summed E-state index contributed by atoms with van der Waals surface area (Å²) in [6.45, 7) is -0.464. The summed E-state index contributed by atoms with van der Waals surface area (Å²) in [5.74, 6) is -1.58. The van der Waals surface area contributed by atoms with Crippen molar-refractivity contribution in [2.75, 3.05) is 6.54 Å². The van der Waals surface area contributed by atoms with Crippen LogP contribution in [0.1, 0.15) is 5.56 Å². The van der Waals surface area contributed by atoms with Crippen LogP contribution in [0.3, 0.4) is 0 Å². The van der Waals surface area contributed by atoms with Gasteiger partial charge in [0.2, 0.25) is 0 Å². The summed E-state index contributed by atoms with van der Waals surface area (Å²) in [7, 11) is 0. The third-order valence-electron chi connectivity index (χ3n) is 2.81. The highest BCUT2D eigenvalue weighted by Crippen LogP contribution is 2.30. The van der Waals surface area contributed by atoms with Crippen LogP contribution in [-0.4, -0.2) is 37.7 Å². The van der Waals surface area contributed by atoms with Gasteiger partial charge in [0.25, 0.3) is 11.6 Å². The summed E-state index contributed by atoms with van der Waals surface area (Å²) in [5.41, 5.74) is 0.726. The standard InChI is InChI=1S/C14H10N2O5S2/c17-12(18)8-15-13(19)11(23-14(15)22)3-1-2-9-4-6-10(7-5-9)16(20)21/h1-7H,8H2,(H,17,18)/b2-1+,11-3+. The number of hydrogen-bond acceptors (Lipinski definition) is 6. The van der Waals surface area contributed by atoms with Gasteiger partial charge in [0.1, 0.15) is 10.9 Å². The maximum absolute atomic E-state index is 12.0. The van der Waals surface area contributed by atoms with Crippen LogP contribution in [0.15, 0.2) is 41.3 Å². The van der Waals surface area contributed by atoms with Crippen LogP contribution in [0.2, 0.25) is 0 Å². The molecule has 0 atom stereocenters. The zero-order chi connectivity index (χ0) is 17.0. The van der Waals surface area contributed by atoms with Crippen molar-refractivity contribution in [3.63, 3.8) is 0 Å². The van der Waals surface area contributed by atoms with Crippen molar-refractivity contribution >= 4 is 51.9 Å². The van der Waals surface area contributed by atoms with Crippen LogP contribution >= 0.6 is 24.0 Å². The van der Waals surface area contributed by atoms with E-state index >= 15 is 0 Å². The van der Waals surface area contributed by atoms with Crippen molar-refractivity contribution in [2.24, 2.45) is 0 Å². The van der Waals surface area contributed by atoms with Gasteiger partial charge in [-0.25, -0.2) is 0 Å². The maximum atomic E-state index is 12.0. The molecule has 9 heteroatoms. The molecule has 23 heavy (non-hydrogen) atoms. The van der Waals surface area contributed by atoms with Crippen molar-refractivity contribution in [1.29, 1.82) is 0 Å². The van der Waals surface area contributed by atoms with Gasteiger partial charge in [0.05, 0.1) is 9.83 Å². The molecule has 0 bridgehead atoms. The number of aliphatic carboxylic acids is 1. The molecule has 7 nitrogen and oxygen atoms in total. The minimum Gasteiger partial charge on any atom is -0.480 e. The fourth-order valence-corrected chi connectivity index (χ4v) is 2.95. The van der Waals surface area contributed by atoms with E-state index < -0.39 is 23.3 Å². The first-order valence-corrected chi connectivity index (χ1v) is 7.49. The highest BCUT2D eigenvalue weighted by atomic mass is 32.2. The monoisotopic (exact) mass is 350 g/mol. The molecule has 1 aliphatic heterocycles. The number of hydrogen-bond donors (Lipinski definition) is 1. The first-order valence-electron chi connectivity index (χ1n) is 6.27. The molecular weight excluding hydrogens is 340 g/mol. The lowest BCUT2D eigenvalue weighted by Crippen LogP contribution is -2.33. The number of non-ortho nitro benzene ring substituents is 1. The number of rotatable bonds is 5. The molecule has 0 radical (unpaired) electrons. The SMILES string of the molecule is O=C(O)CN1C(=O)/C(=C\C=C\c2ccc([N+](=O)[O-])cc2)SC1=S. The van der Waals surface area contributed by atoms with Gasteiger partial charge >= 0.3 is 5.97 Å². The number of benzene rings is 1. The van der Waals surface area contributed by atoms with Crippen molar-refractivity contribution in [3.05, 3.63) is 57.0 Å². The Kier molecular flexibility index (Phi) is 5.24. The van der Waals surface area contributed by atoms with E-state index in [-0.39, 0.29) is 10.0 Å². The second kappa shape index (κ2) is 7.16. The number of carboxylic acids is 1. The number of allylic oxidation sites excluding steroid dienone is 2. The summed E-state index contributed by atoms with van der Waals surface area (Å²) < 4.78 is 0.201. The van der Waals surface area contributed by atoms with Crippen LogP contribution in [0.4, 0.5) is 5.69 Å². The smallest absolute Gasteiger partial charge is 0.323 e. The van der Waals surface area contributed by atoms with Gasteiger partial charge in [0.15, 0.2) is 0 Å². The zero-order valence-corrected chi connectivity index (χ0v) is 13.2. The van der Waals surface area contributed by atoms with E-state index in [1.165, 1.54) is 18.2 Å². The number of carbonyl (C=O) groups is 2. The molecule has 0 unspecified atom stereocenters. The van der Waals surface area contributed by atoms with E-state index in [1.807, 2.05) is 0 Å². The lowest BCUT2D eigenvalue weighted by atomic mass is 10.2. The zero-order valence-electron chi connectivity index (χ0n) is 11.5. The van der Waals surface area contributed by atoms with E-state index in [4.69, 9.17) is 17.3 Å². The van der Waals surface area contributed by atoms with Crippen molar-refractivity contribution in [2.45, 2.75) is 0 Å². The Morgan fingerprint density at radius 2 is 2.04 bits per heavy atom. The van der Waals surface area contributed by atoms with E-state index in [2.05, 4.69) is 0 Å². The molecule has 118 valence electrons. The molecule has 1 aromatic rings. The number of amides is 1. The first-order chi connectivity index (χ1) is 10.9. The van der Waals surface area contributed by atoms with E-state index in [1.54, 1.807) is 24.3 Å². The minimum absolute atomic E-state index is 0.00306. The van der Waals surface area contributed by atoms with Gasteiger partial charge in [-0.05, 0) is 23.8 Å². The Morgan fingerprint density at radius 1 is 1.39 bits per heavy atom. The number of nitro benzene ring substituents is 1. The summed E-state index contributed by atoms with van der Waals surface area (Å²) >= 11 is 6.00. The number of nitro groups is 1. The van der Waals surface area contributed by atoms with Crippen LogP contribution < -0.4 is 0 Å². The first kappa shape index (κ1) is 16.8. The molecule has 1 amide bonds. The van der Waals surface area contributed by atoms with Gasteiger partial charge < -0.3 is 5.11 Å². The molecule has 2 rings (SSSR count). The quantitative estimate of drug-likeness (QED) is 0.377. The normalized spacial score (nSPS) is 16.5. The lowest BCUT2D eigenvalue weighted by Gasteiger charge is -2.09. The molecule has 0 spiro atoms. The van der Waals surface area contributed by atoms with E-state index in [9.17, 15) is 19.7 Å². The third-order valence-corrected chi connectivity index (χ3v) is 4.20. The number of nitrogens with zero attached hydrogens (tertiary/aromatic N) is 2. The van der Waals surface area contributed by atoms with Crippen molar-refractivity contribution < 1.29 is 19.6 Å². The number of thiocarbonyl (C=S) groups is 1. The van der Waals surface area contributed by atoms with Crippen LogP contribution in [0.25, 0.3) is 6.08 Å². The maximum Gasteiger partial charge on any atom is 0.323 e. The van der Waals surface area contributed by atoms with Crippen LogP contribution in [-0.2, 0) is 9.59 Å². The molecule has 0 aliphatic carbocycles. The molecular formula is C14H10N2O5S2. The predicted molar refractivity (Wildman–Crippen MR) is 89.8 cm³/mol. The second-order valence-electron chi connectivity index (χ2n) is 4.39. The number of carboxylic acid groups (broad SMARTS) is 1. The Morgan fingerprint density at radius 3 is 2.61 bits per heavy atom. The third kappa shape index (κ3) is 4.24. The summed E-state index contributed by atoms with van der Waals surface area (Å²) in [6.07, 6.45) is 4.81. The van der Waals surface area contributed by atoms with Gasteiger partial charge in [0, 0.05) is 12.1 Å². The van der Waals surface area contributed by atoms with Gasteiger partial charge in [-0.1, -0.05) is 36.1 Å². The second-order valence-corrected chi connectivity index (χ2v) is 6.07. The van der Waals surface area contributed by atoms with Gasteiger partial charge in [-0.2, -0.15) is 0 Å². The average molecular weight is 350 g/mol. The Labute approximate surface area is 140 Å². The minimum atomic E-state index is -1.14. The number of thioether (sulfide) groups is 1. The fourth-order valence-electron chi connectivity index (χ4n) is 1.74. The Hall–Kier alpha value is -2.52. The van der Waals surface area contributed by atoms with E-state index in [0.717, 1.165) is 22.2 Å². The molecule has 1 aromatic carbocycles. The Bertz CT molecular complexity index is 740. The molecule has 0 saturated carbocycles. The summed E-state index contributed by atoms with van der Waals surface area (Å²) in [5, 5.41) is 19.3. The fraction of sp³-hybridized carbons (Fsp3) is 0.0714. The van der Waals surface area contributed by atoms with Crippen LogP contribution in [0.5, 0.6) is 0 Å². The molecule has 1 aliphatic rings. The largest absolute Gasteiger partial charge is 0.480 e. The van der Waals surface area contributed by atoms with Gasteiger partial charge in [-0.3, -0.25) is 24.6 Å². The summed E-state index contributed by atoms with van der Waals surface area (Å²) in [4.78, 5) is 34.1. The highest BCUT2D eigenvalue weighted by Gasteiger charge is 2.32.